The van der Waals surface area contributed by atoms with E-state index < -0.39 is 0 Å². The summed E-state index contributed by atoms with van der Waals surface area (Å²) in [6.45, 7) is 3.81. The van der Waals surface area contributed by atoms with E-state index in [4.69, 9.17) is 0 Å². The van der Waals surface area contributed by atoms with Gasteiger partial charge in [-0.05, 0) is 31.4 Å². The van der Waals surface area contributed by atoms with Gasteiger partial charge in [0, 0.05) is 48.5 Å². The second-order valence-electron chi connectivity index (χ2n) is 5.54. The minimum Gasteiger partial charge on any atom is -0.347 e. The van der Waals surface area contributed by atoms with Crippen molar-refractivity contribution in [2.45, 2.75) is 39.3 Å². The summed E-state index contributed by atoms with van der Waals surface area (Å²) >= 11 is 0. The number of nitro groups is 1. The van der Waals surface area contributed by atoms with Gasteiger partial charge in [0.1, 0.15) is 0 Å². The number of nitro benzene ring substituents is 1. The maximum absolute atomic E-state index is 10.8. The third-order valence-electron chi connectivity index (χ3n) is 3.95. The minimum atomic E-state index is -0.362. The Morgan fingerprint density at radius 3 is 2.78 bits per heavy atom. The summed E-state index contributed by atoms with van der Waals surface area (Å²) in [5.74, 6) is 0. The van der Waals surface area contributed by atoms with Crippen LogP contribution in [0.1, 0.15) is 25.5 Å². The molecule has 0 aliphatic rings. The standard InChI is InChI=1S/C16H19N5O2/c1-2-14-12-20(18-17-14)9-4-3-8-19-10-7-13-11-15(21(22)23)5-6-16(13)19/h5-7,10-12H,2-4,8-9H2,1H3. The zero-order valence-electron chi connectivity index (χ0n) is 13.1. The molecule has 3 rings (SSSR count). The van der Waals surface area contributed by atoms with Crippen molar-refractivity contribution < 1.29 is 4.92 Å². The van der Waals surface area contributed by atoms with Crippen LogP contribution in [0.5, 0.6) is 0 Å². The van der Waals surface area contributed by atoms with E-state index in [1.54, 1.807) is 12.1 Å². The van der Waals surface area contributed by atoms with E-state index in [2.05, 4.69) is 21.8 Å². The number of unbranched alkanes of at least 4 members (excludes halogenated alkanes) is 1. The second kappa shape index (κ2) is 6.60. The molecule has 0 fully saturated rings. The predicted molar refractivity (Wildman–Crippen MR) is 87.2 cm³/mol. The summed E-state index contributed by atoms with van der Waals surface area (Å²) in [6, 6.07) is 6.92. The van der Waals surface area contributed by atoms with Gasteiger partial charge in [0.15, 0.2) is 0 Å². The smallest absolute Gasteiger partial charge is 0.270 e. The van der Waals surface area contributed by atoms with Crippen LogP contribution in [0.2, 0.25) is 0 Å². The molecular weight excluding hydrogens is 294 g/mol. The molecule has 7 nitrogen and oxygen atoms in total. The largest absolute Gasteiger partial charge is 0.347 e. The van der Waals surface area contributed by atoms with Crippen LogP contribution >= 0.6 is 0 Å². The van der Waals surface area contributed by atoms with Gasteiger partial charge in [-0.3, -0.25) is 14.8 Å². The molecule has 0 radical (unpaired) electrons. The number of nitrogens with zero attached hydrogens (tertiary/aromatic N) is 5. The van der Waals surface area contributed by atoms with E-state index in [9.17, 15) is 10.1 Å². The Hall–Kier alpha value is -2.70. The van der Waals surface area contributed by atoms with Crippen LogP contribution in [0.15, 0.2) is 36.7 Å². The van der Waals surface area contributed by atoms with Crippen molar-refractivity contribution in [1.82, 2.24) is 19.6 Å². The van der Waals surface area contributed by atoms with Gasteiger partial charge in [-0.1, -0.05) is 12.1 Å². The first-order valence-corrected chi connectivity index (χ1v) is 7.79. The first kappa shape index (κ1) is 15.2. The van der Waals surface area contributed by atoms with Crippen molar-refractivity contribution in [2.24, 2.45) is 0 Å². The second-order valence-corrected chi connectivity index (χ2v) is 5.54. The topological polar surface area (TPSA) is 78.8 Å². The molecule has 0 N–H and O–H groups in total. The molecule has 0 amide bonds. The molecule has 0 bridgehead atoms. The molecular formula is C16H19N5O2. The highest BCUT2D eigenvalue weighted by Gasteiger charge is 2.08. The Morgan fingerprint density at radius 1 is 1.22 bits per heavy atom. The van der Waals surface area contributed by atoms with E-state index in [1.165, 1.54) is 0 Å². The minimum absolute atomic E-state index is 0.133. The van der Waals surface area contributed by atoms with Crippen LogP contribution in [-0.4, -0.2) is 24.5 Å². The highest BCUT2D eigenvalue weighted by molar-refractivity contribution is 5.82. The predicted octanol–water partition coefficient (Wildman–Crippen LogP) is 3.18. The maximum Gasteiger partial charge on any atom is 0.270 e. The molecule has 2 aromatic heterocycles. The van der Waals surface area contributed by atoms with Crippen molar-refractivity contribution in [3.8, 4) is 0 Å². The number of fused-ring (bicyclic) bond motifs is 1. The lowest BCUT2D eigenvalue weighted by atomic mass is 10.2. The highest BCUT2D eigenvalue weighted by Crippen LogP contribution is 2.22. The van der Waals surface area contributed by atoms with E-state index in [0.717, 1.165) is 48.9 Å². The van der Waals surface area contributed by atoms with Gasteiger partial charge >= 0.3 is 0 Å². The third kappa shape index (κ3) is 3.39. The fourth-order valence-electron chi connectivity index (χ4n) is 2.66. The van der Waals surface area contributed by atoms with Gasteiger partial charge in [0.2, 0.25) is 0 Å². The highest BCUT2D eigenvalue weighted by atomic mass is 16.6. The molecule has 0 unspecified atom stereocenters. The number of non-ortho nitro benzene ring substituents is 1. The summed E-state index contributed by atoms with van der Waals surface area (Å²) in [7, 11) is 0. The Balaban J connectivity index is 1.58. The fraction of sp³-hybridized carbons (Fsp3) is 0.375. The maximum atomic E-state index is 10.8. The Bertz CT molecular complexity index is 821. The van der Waals surface area contributed by atoms with E-state index in [-0.39, 0.29) is 10.6 Å². The van der Waals surface area contributed by atoms with Gasteiger partial charge < -0.3 is 4.57 Å². The van der Waals surface area contributed by atoms with Crippen LogP contribution in [0, 0.1) is 10.1 Å². The molecule has 0 atom stereocenters. The Morgan fingerprint density at radius 2 is 2.04 bits per heavy atom. The van der Waals surface area contributed by atoms with Crippen LogP contribution in [0.4, 0.5) is 5.69 Å². The fourth-order valence-corrected chi connectivity index (χ4v) is 2.66. The molecule has 1 aromatic carbocycles. The third-order valence-corrected chi connectivity index (χ3v) is 3.95. The molecule has 0 saturated heterocycles. The number of benzene rings is 1. The quantitative estimate of drug-likeness (QED) is 0.381. The average molecular weight is 313 g/mol. The van der Waals surface area contributed by atoms with Gasteiger partial charge in [0.25, 0.3) is 5.69 Å². The summed E-state index contributed by atoms with van der Waals surface area (Å²) in [5, 5.41) is 19.9. The van der Waals surface area contributed by atoms with Crippen molar-refractivity contribution in [2.75, 3.05) is 0 Å². The molecule has 0 saturated carbocycles. The monoisotopic (exact) mass is 313 g/mol. The lowest BCUT2D eigenvalue weighted by molar-refractivity contribution is -0.384. The Labute approximate surface area is 133 Å². The molecule has 2 heterocycles. The number of rotatable bonds is 7. The van der Waals surface area contributed by atoms with Crippen LogP contribution in [0.25, 0.3) is 10.9 Å². The zero-order valence-corrected chi connectivity index (χ0v) is 13.1. The van der Waals surface area contributed by atoms with Crippen molar-refractivity contribution >= 4 is 16.6 Å². The first-order chi connectivity index (χ1) is 11.2. The number of hydrogen-bond donors (Lipinski definition) is 0. The van der Waals surface area contributed by atoms with Gasteiger partial charge in [-0.2, -0.15) is 0 Å². The van der Waals surface area contributed by atoms with Gasteiger partial charge in [0.05, 0.1) is 10.6 Å². The molecule has 0 aliphatic heterocycles. The van der Waals surface area contributed by atoms with Crippen LogP contribution in [0.3, 0.4) is 0 Å². The summed E-state index contributed by atoms with van der Waals surface area (Å²) in [6.07, 6.45) is 6.91. The molecule has 0 spiro atoms. The Kier molecular flexibility index (Phi) is 4.36. The number of aromatic nitrogens is 4. The molecule has 120 valence electrons. The lowest BCUT2D eigenvalue weighted by Crippen LogP contribution is -2.02. The first-order valence-electron chi connectivity index (χ1n) is 7.79. The SMILES string of the molecule is CCc1cn(CCCCn2ccc3cc([N+](=O)[O-])ccc32)nn1. The number of aryl methyl sites for hydroxylation is 3. The van der Waals surface area contributed by atoms with Crippen molar-refractivity contribution in [1.29, 1.82) is 0 Å². The van der Waals surface area contributed by atoms with Crippen molar-refractivity contribution in [3.05, 3.63) is 52.5 Å². The summed E-state index contributed by atoms with van der Waals surface area (Å²) < 4.78 is 4.02. The number of hydrogen-bond acceptors (Lipinski definition) is 4. The normalized spacial score (nSPS) is 11.2. The van der Waals surface area contributed by atoms with Crippen molar-refractivity contribution in [3.63, 3.8) is 0 Å². The van der Waals surface area contributed by atoms with Crippen LogP contribution in [-0.2, 0) is 19.5 Å². The average Bonchev–Trinajstić information content (AvgIpc) is 3.17. The van der Waals surface area contributed by atoms with E-state index >= 15 is 0 Å². The molecule has 0 aliphatic carbocycles. The molecule has 3 aromatic rings. The van der Waals surface area contributed by atoms with Gasteiger partial charge in [-0.25, -0.2) is 0 Å². The van der Waals surface area contributed by atoms with E-state index in [1.807, 2.05) is 29.2 Å². The zero-order chi connectivity index (χ0) is 16.2. The molecule has 23 heavy (non-hydrogen) atoms. The summed E-state index contributed by atoms with van der Waals surface area (Å²) in [4.78, 5) is 10.4. The van der Waals surface area contributed by atoms with E-state index in [0.29, 0.717) is 0 Å². The van der Waals surface area contributed by atoms with Gasteiger partial charge in [-0.15, -0.1) is 5.10 Å². The lowest BCUT2D eigenvalue weighted by Gasteiger charge is -2.05. The molecule has 7 heteroatoms. The summed E-state index contributed by atoms with van der Waals surface area (Å²) in [5.41, 5.74) is 2.18. The van der Waals surface area contributed by atoms with Crippen LogP contribution < -0.4 is 0 Å².